The maximum Gasteiger partial charge on any atom is 0.389 e. The average molecular weight is 488 g/mol. The predicted octanol–water partition coefficient (Wildman–Crippen LogP) is 6.30. The first-order valence-corrected chi connectivity index (χ1v) is 12.4. The van der Waals surface area contributed by atoms with Gasteiger partial charge in [-0.2, -0.15) is 13.2 Å². The van der Waals surface area contributed by atoms with Gasteiger partial charge in [0.2, 0.25) is 15.7 Å². The van der Waals surface area contributed by atoms with E-state index in [1.54, 1.807) is 0 Å². The van der Waals surface area contributed by atoms with Crippen LogP contribution in [0.15, 0.2) is 24.3 Å². The Labute approximate surface area is 199 Å². The number of carbonyl (C=O) groups is 1. The highest BCUT2D eigenvalue weighted by atomic mass is 28.2. The highest BCUT2D eigenvalue weighted by molar-refractivity contribution is 6.31. The number of alkyl halides is 3. The van der Waals surface area contributed by atoms with Gasteiger partial charge in [0, 0.05) is 13.3 Å². The predicted molar refractivity (Wildman–Crippen MR) is 127 cm³/mol. The molecule has 2 N–H and O–H groups in total. The van der Waals surface area contributed by atoms with E-state index in [1.165, 1.54) is 6.92 Å². The molecular formula is C25H40F3NO3Si. The number of aryl methyl sites for hydroxylation is 1. The van der Waals surface area contributed by atoms with Crippen LogP contribution < -0.4 is 5.32 Å². The van der Waals surface area contributed by atoms with Crippen molar-refractivity contribution in [2.24, 2.45) is 0 Å². The molecule has 0 bridgehead atoms. The summed E-state index contributed by atoms with van der Waals surface area (Å²) in [5.41, 5.74) is 0.573. The second kappa shape index (κ2) is 11.8. The minimum absolute atomic E-state index is 0.0218. The van der Waals surface area contributed by atoms with Crippen LogP contribution in [0.2, 0.25) is 5.04 Å². The highest BCUT2D eigenvalue weighted by Gasteiger charge is 2.43. The van der Waals surface area contributed by atoms with Crippen LogP contribution in [-0.4, -0.2) is 38.1 Å². The molecule has 0 saturated carbocycles. The number of unbranched alkanes of at least 4 members (excludes halogenated alkanes) is 1. The summed E-state index contributed by atoms with van der Waals surface area (Å²) in [7, 11) is 0.284. The molecule has 0 aliphatic rings. The first kappa shape index (κ1) is 29.6. The number of aliphatic hydroxyl groups excluding tert-OH is 1. The van der Waals surface area contributed by atoms with Gasteiger partial charge in [-0.1, -0.05) is 51.5 Å². The third-order valence-corrected chi connectivity index (χ3v) is 7.08. The van der Waals surface area contributed by atoms with Crippen LogP contribution in [0, 0.1) is 0 Å². The first-order valence-electron chi connectivity index (χ1n) is 11.5. The quantitative estimate of drug-likeness (QED) is 0.269. The van der Waals surface area contributed by atoms with Gasteiger partial charge in [0.05, 0.1) is 17.2 Å². The summed E-state index contributed by atoms with van der Waals surface area (Å²) in [5.74, 6) is -0.114. The summed E-state index contributed by atoms with van der Waals surface area (Å²) in [5, 5.41) is 13.4. The molecule has 188 valence electrons. The Morgan fingerprint density at radius 2 is 1.61 bits per heavy atom. The molecule has 1 unspecified atom stereocenters. The number of nitrogens with one attached hydrogen (secondary N) is 1. The number of hydrogen-bond donors (Lipinski definition) is 2. The monoisotopic (exact) mass is 487 g/mol. The van der Waals surface area contributed by atoms with E-state index >= 15 is 0 Å². The molecule has 1 amide bonds. The SMILES string of the molecule is CC(=O)N[C@](C)(CCc1ccc(C(O)CCCCC(F)(F)F)cc1)C(C)(C)O[Si]C(C)(C)C. The number of amides is 1. The molecule has 2 radical (unpaired) electrons. The van der Waals surface area contributed by atoms with E-state index < -0.39 is 29.8 Å². The van der Waals surface area contributed by atoms with Crippen molar-refractivity contribution in [3.63, 3.8) is 0 Å². The van der Waals surface area contributed by atoms with Crippen LogP contribution in [0.1, 0.15) is 97.8 Å². The Bertz CT molecular complexity index is 745. The van der Waals surface area contributed by atoms with Crippen LogP contribution in [0.5, 0.6) is 0 Å². The molecule has 1 rings (SSSR count). The minimum atomic E-state index is -4.15. The molecule has 0 aromatic heterocycles. The summed E-state index contributed by atoms with van der Waals surface area (Å²) in [4.78, 5) is 11.9. The van der Waals surface area contributed by atoms with E-state index in [9.17, 15) is 23.1 Å². The third kappa shape index (κ3) is 11.1. The zero-order valence-electron chi connectivity index (χ0n) is 21.0. The fraction of sp³-hybridized carbons (Fsp3) is 0.720. The van der Waals surface area contributed by atoms with Gasteiger partial charge >= 0.3 is 6.18 Å². The number of rotatable bonds is 12. The van der Waals surface area contributed by atoms with Crippen molar-refractivity contribution in [2.75, 3.05) is 0 Å². The first-order chi connectivity index (χ1) is 14.9. The molecule has 0 fully saturated rings. The van der Waals surface area contributed by atoms with Crippen molar-refractivity contribution in [1.82, 2.24) is 5.32 Å². The third-order valence-electron chi connectivity index (χ3n) is 5.86. The maximum atomic E-state index is 12.2. The van der Waals surface area contributed by atoms with Crippen molar-refractivity contribution in [3.8, 4) is 0 Å². The molecule has 0 aliphatic heterocycles. The van der Waals surface area contributed by atoms with Gasteiger partial charge in [-0.3, -0.25) is 4.79 Å². The summed E-state index contributed by atoms with van der Waals surface area (Å²) in [6.07, 6.45) is -3.74. The van der Waals surface area contributed by atoms with Crippen LogP contribution >= 0.6 is 0 Å². The van der Waals surface area contributed by atoms with Crippen molar-refractivity contribution in [2.45, 2.75) is 115 Å². The molecule has 0 aliphatic carbocycles. The smallest absolute Gasteiger partial charge is 0.389 e. The number of carbonyl (C=O) groups excluding carboxylic acids is 1. The van der Waals surface area contributed by atoms with Crippen LogP contribution in [0.4, 0.5) is 13.2 Å². The van der Waals surface area contributed by atoms with Crippen LogP contribution in [-0.2, 0) is 15.6 Å². The molecular weight excluding hydrogens is 447 g/mol. The Morgan fingerprint density at radius 3 is 2.09 bits per heavy atom. The normalized spacial score (nSPS) is 15.7. The summed E-state index contributed by atoms with van der Waals surface area (Å²) in [6.45, 7) is 13.8. The Hall–Kier alpha value is -1.38. The summed E-state index contributed by atoms with van der Waals surface area (Å²) < 4.78 is 43.0. The lowest BCUT2D eigenvalue weighted by Crippen LogP contribution is -2.61. The van der Waals surface area contributed by atoms with Gasteiger partial charge < -0.3 is 14.8 Å². The van der Waals surface area contributed by atoms with Gasteiger partial charge in [-0.15, -0.1) is 0 Å². The molecule has 0 spiro atoms. The summed E-state index contributed by atoms with van der Waals surface area (Å²) >= 11 is 0. The molecule has 33 heavy (non-hydrogen) atoms. The van der Waals surface area contributed by atoms with E-state index in [0.717, 1.165) is 5.56 Å². The van der Waals surface area contributed by atoms with Gasteiger partial charge in [-0.05, 0) is 62.6 Å². The maximum absolute atomic E-state index is 12.2. The zero-order valence-corrected chi connectivity index (χ0v) is 22.0. The van der Waals surface area contributed by atoms with E-state index in [-0.39, 0.29) is 27.1 Å². The van der Waals surface area contributed by atoms with Gasteiger partial charge in [0.1, 0.15) is 0 Å². The van der Waals surface area contributed by atoms with Gasteiger partial charge in [-0.25, -0.2) is 0 Å². The Balaban J connectivity index is 2.75. The van der Waals surface area contributed by atoms with Gasteiger partial charge in [0.15, 0.2) is 0 Å². The molecule has 0 saturated heterocycles. The van der Waals surface area contributed by atoms with Crippen molar-refractivity contribution in [1.29, 1.82) is 0 Å². The van der Waals surface area contributed by atoms with Crippen molar-refractivity contribution < 1.29 is 27.5 Å². The molecule has 1 aromatic rings. The molecule has 1 aromatic carbocycles. The standard InChI is InChI=1S/C25H40F3NO3Si/c1-18(30)29-24(7,23(5,6)32-33-22(2,3)4)17-15-19-11-13-20(14-12-19)21(31)10-8-9-16-25(26,27)28/h11-14,21,31H,8-10,15-17H2,1-7H3,(H,29,30)/t21?,24-/m1/s1. The number of hydrogen-bond acceptors (Lipinski definition) is 3. The van der Waals surface area contributed by atoms with Crippen LogP contribution in [0.3, 0.4) is 0 Å². The lowest BCUT2D eigenvalue weighted by atomic mass is 9.79. The van der Waals surface area contributed by atoms with Gasteiger partial charge in [0.25, 0.3) is 0 Å². The van der Waals surface area contributed by atoms with E-state index in [0.29, 0.717) is 31.2 Å². The Morgan fingerprint density at radius 1 is 1.03 bits per heavy atom. The summed E-state index contributed by atoms with van der Waals surface area (Å²) in [6, 6.07) is 7.49. The highest BCUT2D eigenvalue weighted by Crippen LogP contribution is 2.33. The zero-order chi connectivity index (χ0) is 25.5. The second-order valence-corrected chi connectivity index (χ2v) is 12.5. The van der Waals surface area contributed by atoms with Crippen LogP contribution in [0.25, 0.3) is 0 Å². The van der Waals surface area contributed by atoms with E-state index in [1.807, 2.05) is 45.0 Å². The number of benzene rings is 1. The Kier molecular flexibility index (Phi) is 10.6. The lowest BCUT2D eigenvalue weighted by Gasteiger charge is -2.46. The second-order valence-electron chi connectivity index (χ2n) is 10.6. The van der Waals surface area contributed by atoms with E-state index in [2.05, 4.69) is 26.1 Å². The number of aliphatic hydroxyl groups is 1. The topological polar surface area (TPSA) is 58.6 Å². The van der Waals surface area contributed by atoms with E-state index in [4.69, 9.17) is 4.43 Å². The van der Waals surface area contributed by atoms with Crippen molar-refractivity contribution in [3.05, 3.63) is 35.4 Å². The average Bonchev–Trinajstić information content (AvgIpc) is 2.66. The largest absolute Gasteiger partial charge is 0.410 e. The minimum Gasteiger partial charge on any atom is -0.410 e. The fourth-order valence-corrected chi connectivity index (χ4v) is 4.21. The molecule has 4 nitrogen and oxygen atoms in total. The fourth-order valence-electron chi connectivity index (χ4n) is 3.43. The molecule has 0 heterocycles. The number of halogens is 3. The van der Waals surface area contributed by atoms with Crippen molar-refractivity contribution >= 4 is 15.7 Å². The molecule has 2 atom stereocenters. The lowest BCUT2D eigenvalue weighted by molar-refractivity contribution is -0.136. The molecule has 8 heteroatoms.